The summed E-state index contributed by atoms with van der Waals surface area (Å²) in [5, 5.41) is 21.1. The molecule has 1 aromatic carbocycles. The molecule has 3 aromatic heterocycles. The first-order valence-electron chi connectivity index (χ1n) is 9.31. The Balaban J connectivity index is 1.32. The lowest BCUT2D eigenvalue weighted by atomic mass is 9.99. The largest absolute Gasteiger partial charge is 0.494 e. The molecule has 5 rings (SSSR count). The minimum absolute atomic E-state index is 0.480. The summed E-state index contributed by atoms with van der Waals surface area (Å²) in [4.78, 5) is 2.51. The van der Waals surface area contributed by atoms with Crippen molar-refractivity contribution in [3.63, 3.8) is 0 Å². The summed E-state index contributed by atoms with van der Waals surface area (Å²) in [5.41, 5.74) is 2.21. The molecule has 0 spiro atoms. The minimum atomic E-state index is 0.480. The van der Waals surface area contributed by atoms with E-state index in [9.17, 15) is 0 Å². The van der Waals surface area contributed by atoms with Crippen molar-refractivity contribution in [1.82, 2.24) is 30.4 Å². The summed E-state index contributed by atoms with van der Waals surface area (Å²) < 4.78 is 13.0. The number of thiophene rings is 1. The van der Waals surface area contributed by atoms with Crippen molar-refractivity contribution >= 4 is 23.1 Å². The van der Waals surface area contributed by atoms with Crippen LogP contribution in [0.4, 0.5) is 0 Å². The zero-order valence-electron chi connectivity index (χ0n) is 15.7. The molecule has 1 aliphatic carbocycles. The third-order valence-electron chi connectivity index (χ3n) is 4.75. The number of nitrogens with zero attached hydrogens (tertiary/aromatic N) is 6. The Bertz CT molecular complexity index is 1110. The monoisotopic (exact) mass is 426 g/mol. The third kappa shape index (κ3) is 3.65. The minimum Gasteiger partial charge on any atom is -0.494 e. The summed E-state index contributed by atoms with van der Waals surface area (Å²) in [6, 6.07) is 9.80. The van der Waals surface area contributed by atoms with Crippen LogP contribution in [0.3, 0.4) is 0 Å². The molecule has 0 saturated heterocycles. The molecule has 29 heavy (non-hydrogen) atoms. The van der Waals surface area contributed by atoms with Gasteiger partial charge in [0.25, 0.3) is 5.89 Å². The van der Waals surface area contributed by atoms with Crippen molar-refractivity contribution in [1.29, 1.82) is 0 Å². The van der Waals surface area contributed by atoms with Gasteiger partial charge >= 0.3 is 0 Å². The predicted octanol–water partition coefficient (Wildman–Crippen LogP) is 3.95. The number of aryl methyl sites for hydroxylation is 2. The number of hydrogen-bond donors (Lipinski definition) is 0. The van der Waals surface area contributed by atoms with Crippen LogP contribution in [-0.2, 0) is 18.6 Å². The van der Waals surface area contributed by atoms with Crippen LogP contribution in [0.1, 0.15) is 29.2 Å². The summed E-state index contributed by atoms with van der Waals surface area (Å²) >= 11 is 3.20. The molecule has 1 aliphatic rings. The van der Waals surface area contributed by atoms with Crippen LogP contribution in [-0.4, -0.2) is 37.5 Å². The molecule has 0 fully saturated rings. The van der Waals surface area contributed by atoms with E-state index in [1.165, 1.54) is 35.0 Å². The molecule has 0 amide bonds. The van der Waals surface area contributed by atoms with Crippen molar-refractivity contribution in [2.45, 2.75) is 36.6 Å². The van der Waals surface area contributed by atoms with Crippen molar-refractivity contribution in [2.75, 3.05) is 7.11 Å². The lowest BCUT2D eigenvalue weighted by molar-refractivity contribution is 0.410. The van der Waals surface area contributed by atoms with Crippen molar-refractivity contribution < 1.29 is 9.15 Å². The lowest BCUT2D eigenvalue weighted by Gasteiger charge is -2.08. The van der Waals surface area contributed by atoms with Crippen LogP contribution in [0.15, 0.2) is 39.9 Å². The molecule has 8 nitrogen and oxygen atoms in total. The van der Waals surface area contributed by atoms with E-state index in [1.54, 1.807) is 23.1 Å². The highest BCUT2D eigenvalue weighted by molar-refractivity contribution is 7.98. The summed E-state index contributed by atoms with van der Waals surface area (Å²) in [7, 11) is 1.62. The number of thioether (sulfide) groups is 1. The van der Waals surface area contributed by atoms with Crippen LogP contribution in [0.25, 0.3) is 16.5 Å². The fraction of sp³-hybridized carbons (Fsp3) is 0.316. The highest BCUT2D eigenvalue weighted by Gasteiger charge is 2.19. The summed E-state index contributed by atoms with van der Waals surface area (Å²) in [6.07, 6.45) is 4.83. The first-order valence-corrected chi connectivity index (χ1v) is 11.1. The molecular weight excluding hydrogens is 408 g/mol. The molecule has 0 unspecified atom stereocenters. The first-order chi connectivity index (χ1) is 14.3. The molecule has 3 heterocycles. The Kier molecular flexibility index (Phi) is 5.03. The van der Waals surface area contributed by atoms with Gasteiger partial charge < -0.3 is 9.15 Å². The highest BCUT2D eigenvalue weighted by atomic mass is 32.2. The van der Waals surface area contributed by atoms with Gasteiger partial charge in [-0.3, -0.25) is 0 Å². The number of ether oxygens (including phenoxy) is 1. The van der Waals surface area contributed by atoms with Gasteiger partial charge in [0.05, 0.1) is 17.7 Å². The second-order valence-electron chi connectivity index (χ2n) is 6.60. The molecule has 0 radical (unpaired) electrons. The van der Waals surface area contributed by atoms with Crippen molar-refractivity contribution in [3.8, 4) is 22.2 Å². The molecule has 0 aliphatic heterocycles. The van der Waals surface area contributed by atoms with Gasteiger partial charge in [-0.05, 0) is 59.9 Å². The Morgan fingerprint density at radius 3 is 2.97 bits per heavy atom. The van der Waals surface area contributed by atoms with Crippen LogP contribution >= 0.6 is 23.1 Å². The van der Waals surface area contributed by atoms with Gasteiger partial charge in [0, 0.05) is 4.88 Å². The molecule has 0 bridgehead atoms. The quantitative estimate of drug-likeness (QED) is 0.428. The van der Waals surface area contributed by atoms with E-state index in [4.69, 9.17) is 9.15 Å². The number of methoxy groups -OCH3 is 1. The van der Waals surface area contributed by atoms with Gasteiger partial charge in [-0.25, -0.2) is 0 Å². The molecule has 0 saturated carbocycles. The molecule has 0 atom stereocenters. The van der Waals surface area contributed by atoms with E-state index in [0.29, 0.717) is 28.4 Å². The van der Waals surface area contributed by atoms with E-state index >= 15 is 0 Å². The fourth-order valence-corrected chi connectivity index (χ4v) is 5.25. The maximum atomic E-state index is 5.90. The van der Waals surface area contributed by atoms with Gasteiger partial charge in [0.1, 0.15) is 11.4 Å². The normalized spacial score (nSPS) is 13.4. The maximum Gasteiger partial charge on any atom is 0.257 e. The number of aromatic nitrogens is 6. The second-order valence-corrected chi connectivity index (χ2v) is 8.68. The zero-order chi connectivity index (χ0) is 19.6. The smallest absolute Gasteiger partial charge is 0.257 e. The van der Waals surface area contributed by atoms with Crippen LogP contribution in [0.2, 0.25) is 0 Å². The standard InChI is InChI=1S/C19H18N6O2S2/c1-26-14-8-4-3-7-13(14)25-19(22-23-24-25)28-11-17-20-21-18(27-17)16-10-12-6-2-5-9-15(12)29-16/h3-4,7-8,10H,2,5-6,9,11H2,1H3. The van der Waals surface area contributed by atoms with Gasteiger partial charge in [0.2, 0.25) is 11.0 Å². The van der Waals surface area contributed by atoms with Gasteiger partial charge in [0.15, 0.2) is 0 Å². The highest BCUT2D eigenvalue weighted by Crippen LogP contribution is 2.35. The SMILES string of the molecule is COc1ccccc1-n1nnnc1SCc1nnc(-c2cc3c(s2)CCCC3)o1. The second kappa shape index (κ2) is 7.96. The fourth-order valence-electron chi connectivity index (χ4n) is 3.36. The number of tetrazole rings is 1. The van der Waals surface area contributed by atoms with Crippen molar-refractivity contribution in [2.24, 2.45) is 0 Å². The summed E-state index contributed by atoms with van der Waals surface area (Å²) in [5.74, 6) is 2.31. The molecular formula is C19H18N6O2S2. The van der Waals surface area contributed by atoms with Crippen LogP contribution < -0.4 is 4.74 Å². The van der Waals surface area contributed by atoms with Gasteiger partial charge in [-0.2, -0.15) is 4.68 Å². The average molecular weight is 427 g/mol. The molecule has 148 valence electrons. The summed E-state index contributed by atoms with van der Waals surface area (Å²) in [6.45, 7) is 0. The predicted molar refractivity (Wildman–Crippen MR) is 110 cm³/mol. The van der Waals surface area contributed by atoms with Crippen LogP contribution in [0, 0.1) is 0 Å². The average Bonchev–Trinajstić information content (AvgIpc) is 3.50. The number of benzene rings is 1. The number of para-hydroxylation sites is 2. The van der Waals surface area contributed by atoms with E-state index < -0.39 is 0 Å². The van der Waals surface area contributed by atoms with Gasteiger partial charge in [-0.1, -0.05) is 23.9 Å². The van der Waals surface area contributed by atoms with E-state index in [-0.39, 0.29) is 0 Å². The van der Waals surface area contributed by atoms with Crippen LogP contribution in [0.5, 0.6) is 5.75 Å². The maximum absolute atomic E-state index is 5.90. The number of hydrogen-bond acceptors (Lipinski definition) is 9. The Hall–Kier alpha value is -2.72. The first kappa shape index (κ1) is 18.3. The third-order valence-corrected chi connectivity index (χ3v) is 6.88. The Morgan fingerprint density at radius 1 is 1.17 bits per heavy atom. The molecule has 0 N–H and O–H groups in total. The Labute approximate surface area is 175 Å². The lowest BCUT2D eigenvalue weighted by Crippen LogP contribution is -2.01. The molecule has 10 heteroatoms. The Morgan fingerprint density at radius 2 is 2.07 bits per heavy atom. The van der Waals surface area contributed by atoms with E-state index in [1.807, 2.05) is 24.3 Å². The van der Waals surface area contributed by atoms with E-state index in [2.05, 4.69) is 31.8 Å². The number of rotatable bonds is 6. The van der Waals surface area contributed by atoms with E-state index in [0.717, 1.165) is 23.4 Å². The van der Waals surface area contributed by atoms with Crippen molar-refractivity contribution in [3.05, 3.63) is 46.7 Å². The zero-order valence-corrected chi connectivity index (χ0v) is 17.4. The topological polar surface area (TPSA) is 91.8 Å². The number of fused-ring (bicyclic) bond motifs is 1. The molecule has 4 aromatic rings. The van der Waals surface area contributed by atoms with Gasteiger partial charge in [-0.15, -0.1) is 26.6 Å².